The van der Waals surface area contributed by atoms with Crippen molar-refractivity contribution < 1.29 is 9.59 Å². The Morgan fingerprint density at radius 1 is 1.19 bits per heavy atom. The van der Waals surface area contributed by atoms with Gasteiger partial charge in [0.25, 0.3) is 0 Å². The Bertz CT molecular complexity index is 295. The molecule has 1 aliphatic heterocycles. The van der Waals surface area contributed by atoms with Gasteiger partial charge in [-0.1, -0.05) is 6.92 Å². The van der Waals surface area contributed by atoms with Crippen LogP contribution < -0.4 is 5.32 Å². The maximum absolute atomic E-state index is 11.7. The lowest BCUT2D eigenvalue weighted by atomic mass is 9.87. The van der Waals surface area contributed by atoms with Gasteiger partial charge >= 0.3 is 0 Å². The number of hydrogen-bond acceptors (Lipinski definition) is 3. The van der Waals surface area contributed by atoms with E-state index in [1.54, 1.807) is 7.05 Å². The number of amides is 2. The van der Waals surface area contributed by atoms with E-state index in [4.69, 9.17) is 0 Å². The highest BCUT2D eigenvalue weighted by molar-refractivity contribution is 6.05. The summed E-state index contributed by atoms with van der Waals surface area (Å²) in [6, 6.07) is 0.153. The number of imide groups is 1. The summed E-state index contributed by atoms with van der Waals surface area (Å²) in [4.78, 5) is 24.3. The van der Waals surface area contributed by atoms with Crippen LogP contribution in [0, 0.1) is 5.92 Å². The molecule has 4 nitrogen and oxygen atoms in total. The first-order valence-electron chi connectivity index (χ1n) is 6.14. The number of hydrogen-bond donors (Lipinski definition) is 1. The van der Waals surface area contributed by atoms with Crippen molar-refractivity contribution >= 4 is 11.8 Å². The number of likely N-dealkylation sites (tertiary alicyclic amines) is 1. The van der Waals surface area contributed by atoms with Crippen molar-refractivity contribution in [2.45, 2.75) is 51.1 Å². The van der Waals surface area contributed by atoms with Gasteiger partial charge in [-0.2, -0.15) is 0 Å². The summed E-state index contributed by atoms with van der Waals surface area (Å²) in [5.41, 5.74) is 0. The van der Waals surface area contributed by atoms with Crippen molar-refractivity contribution in [3.05, 3.63) is 0 Å². The molecule has 0 aromatic carbocycles. The fraction of sp³-hybridized carbons (Fsp3) is 0.833. The monoisotopic (exact) mass is 224 g/mol. The van der Waals surface area contributed by atoms with E-state index in [1.165, 1.54) is 17.7 Å². The summed E-state index contributed by atoms with van der Waals surface area (Å²) in [6.07, 6.45) is 5.04. The number of carbonyl (C=O) groups is 2. The summed E-state index contributed by atoms with van der Waals surface area (Å²) in [6.45, 7) is 2.27. The normalized spacial score (nSPS) is 35.9. The minimum Gasteiger partial charge on any atom is -0.303 e. The molecular weight excluding hydrogens is 204 g/mol. The molecule has 2 aliphatic rings. The molecule has 1 heterocycles. The highest BCUT2D eigenvalue weighted by Gasteiger charge is 2.37. The van der Waals surface area contributed by atoms with Crippen LogP contribution in [0.5, 0.6) is 0 Å². The Kier molecular flexibility index (Phi) is 3.28. The highest BCUT2D eigenvalue weighted by atomic mass is 16.2. The number of likely N-dealkylation sites (N-methyl/N-ethyl adjacent to an activating group) is 1. The zero-order valence-electron chi connectivity index (χ0n) is 10.0. The van der Waals surface area contributed by atoms with E-state index < -0.39 is 0 Å². The largest absolute Gasteiger partial charge is 0.303 e. The van der Waals surface area contributed by atoms with Crippen LogP contribution in [0.1, 0.15) is 39.0 Å². The first-order chi connectivity index (χ1) is 7.58. The molecule has 1 N–H and O–H groups in total. The molecule has 0 aromatic rings. The lowest BCUT2D eigenvalue weighted by Gasteiger charge is -2.28. The van der Waals surface area contributed by atoms with Crippen LogP contribution >= 0.6 is 0 Å². The first-order valence-corrected chi connectivity index (χ1v) is 6.14. The van der Waals surface area contributed by atoms with Crippen LogP contribution in [-0.4, -0.2) is 35.8 Å². The maximum atomic E-state index is 11.7. The molecule has 16 heavy (non-hydrogen) atoms. The summed E-state index contributed by atoms with van der Waals surface area (Å²) >= 11 is 0. The van der Waals surface area contributed by atoms with E-state index in [0.717, 1.165) is 18.8 Å². The molecule has 2 amide bonds. The third kappa shape index (κ3) is 2.26. The van der Waals surface area contributed by atoms with Gasteiger partial charge < -0.3 is 5.32 Å². The van der Waals surface area contributed by atoms with Crippen LogP contribution in [0.25, 0.3) is 0 Å². The lowest BCUT2D eigenvalue weighted by molar-refractivity contribution is -0.137. The van der Waals surface area contributed by atoms with Gasteiger partial charge in [0, 0.05) is 13.1 Å². The molecule has 0 aromatic heterocycles. The molecule has 90 valence electrons. The zero-order valence-corrected chi connectivity index (χ0v) is 10.0. The molecule has 1 saturated heterocycles. The van der Waals surface area contributed by atoms with E-state index in [9.17, 15) is 9.59 Å². The second kappa shape index (κ2) is 4.53. The molecule has 1 unspecified atom stereocenters. The number of nitrogens with zero attached hydrogens (tertiary/aromatic N) is 1. The molecule has 1 aliphatic carbocycles. The van der Waals surface area contributed by atoms with E-state index in [0.29, 0.717) is 12.5 Å². The third-order valence-electron chi connectivity index (χ3n) is 3.83. The zero-order chi connectivity index (χ0) is 11.7. The average molecular weight is 224 g/mol. The highest BCUT2D eigenvalue weighted by Crippen LogP contribution is 2.24. The number of carbonyl (C=O) groups excluding carboxylic acids is 2. The van der Waals surface area contributed by atoms with Gasteiger partial charge in [-0.15, -0.1) is 0 Å². The van der Waals surface area contributed by atoms with Gasteiger partial charge in [0.05, 0.1) is 12.5 Å². The molecule has 1 atom stereocenters. The van der Waals surface area contributed by atoms with Gasteiger partial charge in [-0.3, -0.25) is 14.5 Å². The molecule has 0 radical (unpaired) electrons. The van der Waals surface area contributed by atoms with Gasteiger partial charge in [0.15, 0.2) is 0 Å². The molecule has 1 saturated carbocycles. The Morgan fingerprint density at radius 3 is 2.31 bits per heavy atom. The van der Waals surface area contributed by atoms with Gasteiger partial charge in [-0.05, 0) is 31.6 Å². The Balaban J connectivity index is 1.86. The van der Waals surface area contributed by atoms with E-state index in [-0.39, 0.29) is 17.9 Å². The van der Waals surface area contributed by atoms with Crippen molar-refractivity contribution in [2.24, 2.45) is 5.92 Å². The van der Waals surface area contributed by atoms with Gasteiger partial charge in [0.2, 0.25) is 11.8 Å². The molecular formula is C12H20N2O2. The third-order valence-corrected chi connectivity index (χ3v) is 3.83. The van der Waals surface area contributed by atoms with Crippen LogP contribution in [0.4, 0.5) is 0 Å². The first kappa shape index (κ1) is 11.6. The van der Waals surface area contributed by atoms with E-state index >= 15 is 0 Å². The quantitative estimate of drug-likeness (QED) is 0.709. The van der Waals surface area contributed by atoms with E-state index in [1.807, 2.05) is 0 Å². The average Bonchev–Trinajstić information content (AvgIpc) is 2.50. The summed E-state index contributed by atoms with van der Waals surface area (Å²) in [5, 5.41) is 3.34. The van der Waals surface area contributed by atoms with E-state index in [2.05, 4.69) is 12.2 Å². The van der Waals surface area contributed by atoms with Gasteiger partial charge in [0.1, 0.15) is 0 Å². The number of rotatable bonds is 2. The van der Waals surface area contributed by atoms with Crippen molar-refractivity contribution in [2.75, 3.05) is 7.05 Å². The lowest BCUT2D eigenvalue weighted by Crippen LogP contribution is -2.44. The minimum absolute atomic E-state index is 0.0633. The SMILES string of the molecule is CC1CCC(NC2CC(=O)N(C)C2=O)CC1. The fourth-order valence-corrected chi connectivity index (χ4v) is 2.60. The summed E-state index contributed by atoms with van der Waals surface area (Å²) in [5.74, 6) is 0.678. The van der Waals surface area contributed by atoms with Crippen molar-refractivity contribution in [1.29, 1.82) is 0 Å². The standard InChI is InChI=1S/C12H20N2O2/c1-8-3-5-9(6-4-8)13-10-7-11(15)14(2)12(10)16/h8-10,13H,3-7H2,1-2H3. The molecule has 2 rings (SSSR count). The molecule has 4 heteroatoms. The van der Waals surface area contributed by atoms with Crippen LogP contribution in [0.2, 0.25) is 0 Å². The Morgan fingerprint density at radius 2 is 1.81 bits per heavy atom. The summed E-state index contributed by atoms with van der Waals surface area (Å²) < 4.78 is 0. The van der Waals surface area contributed by atoms with Crippen LogP contribution in [0.3, 0.4) is 0 Å². The Hall–Kier alpha value is -0.900. The van der Waals surface area contributed by atoms with Crippen molar-refractivity contribution in [3.63, 3.8) is 0 Å². The van der Waals surface area contributed by atoms with Crippen LogP contribution in [-0.2, 0) is 9.59 Å². The summed E-state index contributed by atoms with van der Waals surface area (Å²) in [7, 11) is 1.56. The predicted octanol–water partition coefficient (Wildman–Crippen LogP) is 0.912. The second-order valence-electron chi connectivity index (χ2n) is 5.17. The number of nitrogens with one attached hydrogen (secondary N) is 1. The van der Waals surface area contributed by atoms with Crippen LogP contribution in [0.15, 0.2) is 0 Å². The molecule has 2 fully saturated rings. The molecule has 0 bridgehead atoms. The van der Waals surface area contributed by atoms with Crippen molar-refractivity contribution in [3.8, 4) is 0 Å². The maximum Gasteiger partial charge on any atom is 0.246 e. The minimum atomic E-state index is -0.268. The molecule has 0 spiro atoms. The van der Waals surface area contributed by atoms with Gasteiger partial charge in [-0.25, -0.2) is 0 Å². The van der Waals surface area contributed by atoms with Crippen molar-refractivity contribution in [1.82, 2.24) is 10.2 Å². The predicted molar refractivity (Wildman–Crippen MR) is 60.7 cm³/mol. The Labute approximate surface area is 96.4 Å². The fourth-order valence-electron chi connectivity index (χ4n) is 2.60. The topological polar surface area (TPSA) is 49.4 Å². The smallest absolute Gasteiger partial charge is 0.246 e. The second-order valence-corrected chi connectivity index (χ2v) is 5.17.